The Morgan fingerprint density at radius 1 is 1.06 bits per heavy atom. The Morgan fingerprint density at radius 2 is 1.83 bits per heavy atom. The van der Waals surface area contributed by atoms with Crippen molar-refractivity contribution in [2.75, 3.05) is 11.9 Å². The van der Waals surface area contributed by atoms with Gasteiger partial charge >= 0.3 is 10.8 Å². The number of para-hydroxylation sites is 1. The smallest absolute Gasteiger partial charge is 0.337 e. The number of aromatic nitrogens is 4. The molecule has 0 saturated carbocycles. The van der Waals surface area contributed by atoms with Crippen LogP contribution in [0.3, 0.4) is 0 Å². The SMILES string of the molecule is CCCNc1nc2cccc(C(=O)O)c2n1Cc1ccc(-c2ccccc2-c2nsc(=O)[nH]2)cc1. The van der Waals surface area contributed by atoms with Gasteiger partial charge in [0.15, 0.2) is 5.82 Å². The molecule has 3 aromatic carbocycles. The van der Waals surface area contributed by atoms with Gasteiger partial charge in [0.25, 0.3) is 0 Å². The van der Waals surface area contributed by atoms with E-state index in [1.165, 1.54) is 0 Å². The summed E-state index contributed by atoms with van der Waals surface area (Å²) in [5.41, 5.74) is 5.29. The normalized spacial score (nSPS) is 11.1. The standard InChI is InChI=1S/C26H23N5O3S/c1-2-14-27-25-28-21-9-5-8-20(24(32)33)22(21)31(25)15-16-10-12-17(13-11-16)18-6-3-4-7-19(18)23-29-26(34)35-30-23/h3-13H,2,14-15H2,1H3,(H,27,28)(H,32,33)(H,29,30,34). The summed E-state index contributed by atoms with van der Waals surface area (Å²) in [6.45, 7) is 3.27. The number of hydrogen-bond donors (Lipinski definition) is 3. The number of aromatic amines is 1. The molecule has 2 aromatic heterocycles. The second-order valence-electron chi connectivity index (χ2n) is 8.11. The van der Waals surface area contributed by atoms with E-state index < -0.39 is 5.97 Å². The van der Waals surface area contributed by atoms with Crippen LogP contribution in [0.2, 0.25) is 0 Å². The highest BCUT2D eigenvalue weighted by Crippen LogP contribution is 2.31. The van der Waals surface area contributed by atoms with Crippen LogP contribution in [0.5, 0.6) is 0 Å². The van der Waals surface area contributed by atoms with Gasteiger partial charge in [0.05, 0.1) is 23.1 Å². The van der Waals surface area contributed by atoms with E-state index in [1.807, 2.05) is 59.2 Å². The Hall–Kier alpha value is -4.24. The van der Waals surface area contributed by atoms with Gasteiger partial charge in [-0.1, -0.05) is 61.5 Å². The number of rotatable bonds is 8. The Kier molecular flexibility index (Phi) is 6.15. The summed E-state index contributed by atoms with van der Waals surface area (Å²) >= 11 is 0.901. The van der Waals surface area contributed by atoms with E-state index in [2.05, 4.69) is 26.6 Å². The predicted molar refractivity (Wildman–Crippen MR) is 138 cm³/mol. The molecule has 9 heteroatoms. The van der Waals surface area contributed by atoms with Crippen LogP contribution in [0.15, 0.2) is 71.5 Å². The molecule has 0 fully saturated rings. The van der Waals surface area contributed by atoms with Crippen molar-refractivity contribution in [2.45, 2.75) is 19.9 Å². The molecule has 0 aliphatic rings. The van der Waals surface area contributed by atoms with Crippen molar-refractivity contribution in [1.29, 1.82) is 0 Å². The number of aromatic carboxylic acids is 1. The predicted octanol–water partition coefficient (Wildman–Crippen LogP) is 5.08. The minimum absolute atomic E-state index is 0.189. The van der Waals surface area contributed by atoms with E-state index in [0.717, 1.165) is 46.8 Å². The van der Waals surface area contributed by atoms with Gasteiger partial charge in [-0.25, -0.2) is 9.78 Å². The molecular weight excluding hydrogens is 462 g/mol. The molecule has 0 saturated heterocycles. The van der Waals surface area contributed by atoms with E-state index >= 15 is 0 Å². The van der Waals surface area contributed by atoms with Crippen LogP contribution in [0, 0.1) is 0 Å². The maximum atomic E-state index is 11.9. The molecule has 0 aliphatic heterocycles. The zero-order valence-corrected chi connectivity index (χ0v) is 19.8. The van der Waals surface area contributed by atoms with E-state index in [9.17, 15) is 14.7 Å². The van der Waals surface area contributed by atoms with Crippen LogP contribution in [0.4, 0.5) is 5.95 Å². The number of imidazole rings is 1. The third-order valence-electron chi connectivity index (χ3n) is 5.76. The second-order valence-corrected chi connectivity index (χ2v) is 8.85. The van der Waals surface area contributed by atoms with E-state index in [-0.39, 0.29) is 10.4 Å². The number of benzene rings is 3. The van der Waals surface area contributed by atoms with Crippen molar-refractivity contribution in [3.63, 3.8) is 0 Å². The first-order valence-corrected chi connectivity index (χ1v) is 12.0. The molecule has 0 bridgehead atoms. The monoisotopic (exact) mass is 485 g/mol. The van der Waals surface area contributed by atoms with Gasteiger partial charge in [0.2, 0.25) is 5.95 Å². The van der Waals surface area contributed by atoms with Crippen LogP contribution in [0.25, 0.3) is 33.5 Å². The number of nitrogens with one attached hydrogen (secondary N) is 2. The van der Waals surface area contributed by atoms with Crippen molar-refractivity contribution in [2.24, 2.45) is 0 Å². The van der Waals surface area contributed by atoms with Crippen LogP contribution in [0.1, 0.15) is 29.3 Å². The van der Waals surface area contributed by atoms with Crippen molar-refractivity contribution in [1.82, 2.24) is 18.9 Å². The summed E-state index contributed by atoms with van der Waals surface area (Å²) in [5.74, 6) is 0.223. The molecule has 3 N–H and O–H groups in total. The Balaban J connectivity index is 1.52. The van der Waals surface area contributed by atoms with Gasteiger partial charge in [0, 0.05) is 23.6 Å². The summed E-state index contributed by atoms with van der Waals surface area (Å²) in [6.07, 6.45) is 0.924. The fraction of sp³-hybridized carbons (Fsp3) is 0.154. The minimum atomic E-state index is -0.981. The fourth-order valence-corrected chi connectivity index (χ4v) is 4.60. The van der Waals surface area contributed by atoms with Gasteiger partial charge in [-0.3, -0.25) is 9.78 Å². The molecule has 0 amide bonds. The molecule has 0 spiro atoms. The first-order chi connectivity index (χ1) is 17.0. The molecule has 0 unspecified atom stereocenters. The third kappa shape index (κ3) is 4.45. The molecule has 0 aliphatic carbocycles. The lowest BCUT2D eigenvalue weighted by Crippen LogP contribution is -2.10. The molecule has 5 aromatic rings. The fourth-order valence-electron chi connectivity index (χ4n) is 4.14. The zero-order chi connectivity index (χ0) is 24.4. The lowest BCUT2D eigenvalue weighted by atomic mass is 9.98. The molecule has 2 heterocycles. The highest BCUT2D eigenvalue weighted by atomic mass is 32.1. The van der Waals surface area contributed by atoms with Crippen molar-refractivity contribution in [3.8, 4) is 22.5 Å². The number of hydrogen-bond acceptors (Lipinski definition) is 6. The number of carboxylic acids is 1. The van der Waals surface area contributed by atoms with E-state index in [4.69, 9.17) is 0 Å². The Bertz CT molecular complexity index is 1570. The van der Waals surface area contributed by atoms with Crippen molar-refractivity contribution in [3.05, 3.63) is 87.5 Å². The summed E-state index contributed by atoms with van der Waals surface area (Å²) in [4.78, 5) is 30.8. The molecule has 0 radical (unpaired) electrons. The summed E-state index contributed by atoms with van der Waals surface area (Å²) in [5, 5.41) is 13.1. The molecule has 176 valence electrons. The average molecular weight is 486 g/mol. The van der Waals surface area contributed by atoms with Gasteiger partial charge in [-0.15, -0.1) is 0 Å². The van der Waals surface area contributed by atoms with Gasteiger partial charge in [-0.2, -0.15) is 4.37 Å². The van der Waals surface area contributed by atoms with Crippen LogP contribution in [-0.2, 0) is 6.54 Å². The summed E-state index contributed by atoms with van der Waals surface area (Å²) in [6, 6.07) is 21.0. The first kappa shape index (κ1) is 22.5. The minimum Gasteiger partial charge on any atom is -0.478 e. The highest BCUT2D eigenvalue weighted by molar-refractivity contribution is 7.03. The average Bonchev–Trinajstić information content (AvgIpc) is 3.46. The molecule has 8 nitrogen and oxygen atoms in total. The van der Waals surface area contributed by atoms with E-state index in [0.29, 0.717) is 29.4 Å². The zero-order valence-electron chi connectivity index (χ0n) is 19.0. The summed E-state index contributed by atoms with van der Waals surface area (Å²) < 4.78 is 6.16. The Labute approximate surface area is 205 Å². The Morgan fingerprint density at radius 3 is 2.51 bits per heavy atom. The van der Waals surface area contributed by atoms with Crippen LogP contribution in [-0.4, -0.2) is 36.5 Å². The maximum Gasteiger partial charge on any atom is 0.337 e. The summed E-state index contributed by atoms with van der Waals surface area (Å²) in [7, 11) is 0. The van der Waals surface area contributed by atoms with Crippen molar-refractivity contribution >= 4 is 34.5 Å². The molecule has 0 atom stereocenters. The quantitative estimate of drug-likeness (QED) is 0.282. The van der Waals surface area contributed by atoms with Gasteiger partial charge in [0.1, 0.15) is 0 Å². The lowest BCUT2D eigenvalue weighted by molar-refractivity contribution is 0.0698. The van der Waals surface area contributed by atoms with Crippen molar-refractivity contribution < 1.29 is 9.90 Å². The largest absolute Gasteiger partial charge is 0.478 e. The maximum absolute atomic E-state index is 11.9. The van der Waals surface area contributed by atoms with Crippen LogP contribution >= 0.6 is 11.5 Å². The second kappa shape index (κ2) is 9.55. The number of carbonyl (C=O) groups is 1. The number of fused-ring (bicyclic) bond motifs is 1. The molecule has 5 rings (SSSR count). The molecular formula is C26H23N5O3S. The topological polar surface area (TPSA) is 113 Å². The highest BCUT2D eigenvalue weighted by Gasteiger charge is 2.18. The van der Waals surface area contributed by atoms with Crippen LogP contribution < -0.4 is 10.2 Å². The first-order valence-electron chi connectivity index (χ1n) is 11.3. The molecule has 35 heavy (non-hydrogen) atoms. The third-order valence-corrected chi connectivity index (χ3v) is 6.30. The number of nitrogens with zero attached hydrogens (tertiary/aromatic N) is 3. The number of anilines is 1. The van der Waals surface area contributed by atoms with E-state index in [1.54, 1.807) is 12.1 Å². The van der Waals surface area contributed by atoms with Gasteiger partial charge < -0.3 is 15.0 Å². The lowest BCUT2D eigenvalue weighted by Gasteiger charge is -2.13. The number of carboxylic acid groups (broad SMARTS) is 1. The van der Waals surface area contributed by atoms with Gasteiger partial charge in [-0.05, 0) is 35.2 Å². The number of H-pyrrole nitrogens is 1.